The molecule has 2 aliphatic rings. The van der Waals surface area contributed by atoms with Crippen molar-refractivity contribution in [3.05, 3.63) is 71.7 Å². The fourth-order valence-corrected chi connectivity index (χ4v) is 6.17. The fraction of sp³-hybridized carbons (Fsp3) is 0.290. The van der Waals surface area contributed by atoms with Gasteiger partial charge in [-0.1, -0.05) is 24.3 Å². The number of carbonyl (C=O) groups excluding carboxylic acids is 3. The Labute approximate surface area is 247 Å². The van der Waals surface area contributed by atoms with Gasteiger partial charge in [-0.2, -0.15) is 0 Å². The van der Waals surface area contributed by atoms with Gasteiger partial charge in [0.15, 0.2) is 0 Å². The smallest absolute Gasteiger partial charge is 0.410 e. The summed E-state index contributed by atoms with van der Waals surface area (Å²) >= 11 is 1.22. The molecule has 216 valence electrons. The quantitative estimate of drug-likeness (QED) is 0.263. The molecule has 0 unspecified atom stereocenters. The number of pyridine rings is 1. The van der Waals surface area contributed by atoms with E-state index < -0.39 is 17.7 Å². The highest BCUT2D eigenvalue weighted by Crippen LogP contribution is 2.46. The molecule has 0 saturated carbocycles. The van der Waals surface area contributed by atoms with E-state index in [-0.39, 0.29) is 11.9 Å². The van der Waals surface area contributed by atoms with Crippen LogP contribution in [-0.2, 0) is 4.74 Å². The number of nitrogens with zero attached hydrogens (tertiary/aromatic N) is 3. The molecule has 2 N–H and O–H groups in total. The van der Waals surface area contributed by atoms with Crippen molar-refractivity contribution in [3.8, 4) is 11.5 Å². The van der Waals surface area contributed by atoms with Crippen LogP contribution in [0.4, 0.5) is 26.7 Å². The van der Waals surface area contributed by atoms with Crippen LogP contribution in [0, 0.1) is 0 Å². The predicted octanol–water partition coefficient (Wildman–Crippen LogP) is 6.90. The second kappa shape index (κ2) is 11.0. The summed E-state index contributed by atoms with van der Waals surface area (Å²) in [4.78, 5) is 48.3. The number of piperidine rings is 1. The number of ether oxygens (including phenoxy) is 2. The predicted molar refractivity (Wildman–Crippen MR) is 162 cm³/mol. The van der Waals surface area contributed by atoms with Gasteiger partial charge in [0.05, 0.1) is 22.4 Å². The molecule has 2 aliphatic heterocycles. The summed E-state index contributed by atoms with van der Waals surface area (Å²) in [5.74, 6) is 0.954. The molecule has 0 aliphatic carbocycles. The lowest BCUT2D eigenvalue weighted by Gasteiger charge is -2.34. The molecule has 0 spiro atoms. The highest BCUT2D eigenvalue weighted by atomic mass is 32.1. The number of aromatic nitrogens is 1. The number of nitrogens with one attached hydrogen (secondary N) is 2. The summed E-state index contributed by atoms with van der Waals surface area (Å²) in [6.45, 7) is 6.41. The van der Waals surface area contributed by atoms with Gasteiger partial charge in [-0.15, -0.1) is 11.3 Å². The Balaban J connectivity index is 1.25. The minimum absolute atomic E-state index is 0.244. The summed E-state index contributed by atoms with van der Waals surface area (Å²) in [6, 6.07) is 17.8. The minimum atomic E-state index is -0.597. The van der Waals surface area contributed by atoms with Gasteiger partial charge in [0, 0.05) is 31.4 Å². The van der Waals surface area contributed by atoms with Crippen molar-refractivity contribution in [3.63, 3.8) is 0 Å². The lowest BCUT2D eigenvalue weighted by atomic mass is 10.1. The van der Waals surface area contributed by atoms with E-state index in [0.29, 0.717) is 56.7 Å². The molecule has 2 aromatic heterocycles. The van der Waals surface area contributed by atoms with Crippen molar-refractivity contribution in [2.45, 2.75) is 45.3 Å². The Kier molecular flexibility index (Phi) is 7.19. The number of urea groups is 1. The van der Waals surface area contributed by atoms with Gasteiger partial charge in [-0.05, 0) is 63.9 Å². The van der Waals surface area contributed by atoms with Gasteiger partial charge in [0.25, 0.3) is 5.91 Å². The summed E-state index contributed by atoms with van der Waals surface area (Å²) < 4.78 is 11.5. The van der Waals surface area contributed by atoms with Crippen LogP contribution in [0.1, 0.15) is 43.3 Å². The van der Waals surface area contributed by atoms with Crippen LogP contribution in [0.25, 0.3) is 10.2 Å². The van der Waals surface area contributed by atoms with Crippen molar-refractivity contribution in [1.29, 1.82) is 0 Å². The SMILES string of the molecule is CC(C)(C)OC(=O)N1CCC[C@@H](NC(=O)c2sc3nccc4c3c2NC(=O)N4c2cccc(Oc3ccccc3)c2)C1. The second-order valence-electron chi connectivity index (χ2n) is 11.2. The molecule has 0 bridgehead atoms. The molecule has 11 heteroatoms. The van der Waals surface area contributed by atoms with E-state index in [0.717, 1.165) is 12.8 Å². The molecule has 42 heavy (non-hydrogen) atoms. The first-order valence-corrected chi connectivity index (χ1v) is 14.6. The van der Waals surface area contributed by atoms with Crippen LogP contribution in [0.3, 0.4) is 0 Å². The highest BCUT2D eigenvalue weighted by molar-refractivity contribution is 7.21. The number of benzene rings is 2. The maximum atomic E-state index is 13.5. The third kappa shape index (κ3) is 5.60. The van der Waals surface area contributed by atoms with Crippen molar-refractivity contribution in [1.82, 2.24) is 15.2 Å². The van der Waals surface area contributed by atoms with Gasteiger partial charge < -0.3 is 25.0 Å². The molecule has 4 heterocycles. The molecule has 6 rings (SSSR count). The van der Waals surface area contributed by atoms with Gasteiger partial charge in [0.1, 0.15) is 26.8 Å². The number of rotatable bonds is 5. The monoisotopic (exact) mass is 585 g/mol. The standard InChI is InChI=1S/C31H31N5O5S/c1-31(2,3)41-30(39)35-16-8-9-19(18-35)33-27(37)26-25-24-23(14-15-32-28(24)42-26)36(29(38)34-25)20-10-7-13-22(17-20)40-21-11-5-4-6-12-21/h4-7,10-15,17,19H,8-9,16,18H2,1-3H3,(H,33,37)(H,34,38)/t19-/m1/s1. The maximum absolute atomic E-state index is 13.5. The van der Waals surface area contributed by atoms with E-state index in [4.69, 9.17) is 9.47 Å². The van der Waals surface area contributed by atoms with E-state index in [1.807, 2.05) is 69.3 Å². The van der Waals surface area contributed by atoms with E-state index in [1.54, 1.807) is 28.1 Å². The summed E-state index contributed by atoms with van der Waals surface area (Å²) in [7, 11) is 0. The van der Waals surface area contributed by atoms with Crippen molar-refractivity contribution >= 4 is 56.6 Å². The van der Waals surface area contributed by atoms with Crippen LogP contribution < -0.4 is 20.3 Å². The first-order chi connectivity index (χ1) is 20.2. The molecular weight excluding hydrogens is 554 g/mol. The molecule has 4 amide bonds. The maximum Gasteiger partial charge on any atom is 0.410 e. The van der Waals surface area contributed by atoms with E-state index in [9.17, 15) is 14.4 Å². The van der Waals surface area contributed by atoms with Crippen molar-refractivity contribution in [2.75, 3.05) is 23.3 Å². The van der Waals surface area contributed by atoms with E-state index in [1.165, 1.54) is 11.3 Å². The van der Waals surface area contributed by atoms with Gasteiger partial charge in [-0.3, -0.25) is 9.69 Å². The minimum Gasteiger partial charge on any atom is -0.457 e. The largest absolute Gasteiger partial charge is 0.457 e. The Morgan fingerprint density at radius 1 is 1.07 bits per heavy atom. The van der Waals surface area contributed by atoms with E-state index >= 15 is 0 Å². The van der Waals surface area contributed by atoms with Crippen LogP contribution in [0.15, 0.2) is 66.9 Å². The van der Waals surface area contributed by atoms with Crippen LogP contribution in [0.2, 0.25) is 0 Å². The van der Waals surface area contributed by atoms with Crippen LogP contribution >= 0.6 is 11.3 Å². The Hall–Kier alpha value is -4.64. The Morgan fingerprint density at radius 2 is 1.86 bits per heavy atom. The number of thiophene rings is 1. The molecule has 0 radical (unpaired) electrons. The Bertz CT molecular complexity index is 1670. The highest BCUT2D eigenvalue weighted by Gasteiger charge is 2.34. The first kappa shape index (κ1) is 27.5. The average molecular weight is 586 g/mol. The first-order valence-electron chi connectivity index (χ1n) is 13.8. The molecular formula is C31H31N5O5S. The number of para-hydroxylation sites is 1. The molecule has 10 nitrogen and oxygen atoms in total. The zero-order valence-electron chi connectivity index (χ0n) is 23.5. The average Bonchev–Trinajstić information content (AvgIpc) is 3.32. The number of hydrogen-bond acceptors (Lipinski definition) is 7. The zero-order valence-corrected chi connectivity index (χ0v) is 24.4. The third-order valence-corrected chi connectivity index (χ3v) is 8.01. The Morgan fingerprint density at radius 3 is 2.64 bits per heavy atom. The lowest BCUT2D eigenvalue weighted by Crippen LogP contribution is -2.50. The molecule has 1 atom stereocenters. The third-order valence-electron chi connectivity index (χ3n) is 6.92. The normalized spacial score (nSPS) is 16.6. The number of hydrogen-bond donors (Lipinski definition) is 2. The zero-order chi connectivity index (χ0) is 29.4. The topological polar surface area (TPSA) is 113 Å². The van der Waals surface area contributed by atoms with Gasteiger partial charge in [-0.25, -0.2) is 14.6 Å². The molecule has 1 fully saturated rings. The number of carbonyl (C=O) groups is 3. The number of anilines is 3. The second-order valence-corrected chi connectivity index (χ2v) is 12.2. The number of likely N-dealkylation sites (tertiary alicyclic amines) is 1. The summed E-state index contributed by atoms with van der Waals surface area (Å²) in [5.41, 5.74) is 1.08. The van der Waals surface area contributed by atoms with Crippen molar-refractivity contribution < 1.29 is 23.9 Å². The van der Waals surface area contributed by atoms with Gasteiger partial charge >= 0.3 is 12.1 Å². The number of amides is 4. The molecule has 2 aromatic carbocycles. The summed E-state index contributed by atoms with van der Waals surface area (Å²) in [6.07, 6.45) is 2.72. The van der Waals surface area contributed by atoms with Crippen molar-refractivity contribution in [2.24, 2.45) is 0 Å². The van der Waals surface area contributed by atoms with Crippen LogP contribution in [0.5, 0.6) is 11.5 Å². The summed E-state index contributed by atoms with van der Waals surface area (Å²) in [5, 5.41) is 6.69. The van der Waals surface area contributed by atoms with Gasteiger partial charge in [0.2, 0.25) is 0 Å². The fourth-order valence-electron chi connectivity index (χ4n) is 5.15. The van der Waals surface area contributed by atoms with E-state index in [2.05, 4.69) is 15.6 Å². The molecule has 1 saturated heterocycles. The lowest BCUT2D eigenvalue weighted by molar-refractivity contribution is 0.0185. The molecule has 4 aromatic rings. The van der Waals surface area contributed by atoms with Crippen LogP contribution in [-0.4, -0.2) is 52.6 Å².